The zero-order chi connectivity index (χ0) is 24.5. The van der Waals surface area contributed by atoms with Crippen LogP contribution in [0, 0.1) is 13.8 Å². The Bertz CT molecular complexity index is 1180. The molecule has 176 valence electrons. The predicted octanol–water partition coefficient (Wildman–Crippen LogP) is 4.84. The van der Waals surface area contributed by atoms with Crippen molar-refractivity contribution in [1.82, 2.24) is 0 Å². The van der Waals surface area contributed by atoms with Gasteiger partial charge in [0.05, 0.1) is 18.4 Å². The fourth-order valence-corrected chi connectivity index (χ4v) is 4.10. The van der Waals surface area contributed by atoms with Crippen molar-refractivity contribution >= 4 is 40.9 Å². The molecule has 0 aromatic heterocycles. The van der Waals surface area contributed by atoms with Gasteiger partial charge < -0.3 is 20.1 Å². The molecule has 3 aromatic rings. The fraction of sp³-hybridized carbons (Fsp3) is 0.192. The van der Waals surface area contributed by atoms with E-state index in [1.807, 2.05) is 32.0 Å². The Kier molecular flexibility index (Phi) is 8.70. The van der Waals surface area contributed by atoms with Gasteiger partial charge in [-0.3, -0.25) is 9.59 Å². The SMILES string of the molecule is COc1cccc(NC(=O)CSc2ccccc2C(=O)OCC(=O)Nc2cc(C)cc(C)c2)c1. The third kappa shape index (κ3) is 7.38. The Morgan fingerprint density at radius 2 is 1.53 bits per heavy atom. The van der Waals surface area contributed by atoms with E-state index in [9.17, 15) is 14.4 Å². The monoisotopic (exact) mass is 478 g/mol. The van der Waals surface area contributed by atoms with Crippen LogP contribution in [0.25, 0.3) is 0 Å². The molecular formula is C26H26N2O5S. The van der Waals surface area contributed by atoms with Crippen molar-refractivity contribution in [3.05, 3.63) is 83.4 Å². The number of carbonyl (C=O) groups is 3. The van der Waals surface area contributed by atoms with E-state index < -0.39 is 18.5 Å². The van der Waals surface area contributed by atoms with Gasteiger partial charge >= 0.3 is 5.97 Å². The first-order chi connectivity index (χ1) is 16.3. The largest absolute Gasteiger partial charge is 0.497 e. The molecule has 7 nitrogen and oxygen atoms in total. The van der Waals surface area contributed by atoms with Gasteiger partial charge in [0, 0.05) is 22.3 Å². The van der Waals surface area contributed by atoms with Crippen molar-refractivity contribution in [1.29, 1.82) is 0 Å². The van der Waals surface area contributed by atoms with Crippen molar-refractivity contribution in [2.45, 2.75) is 18.7 Å². The van der Waals surface area contributed by atoms with Gasteiger partial charge in [-0.2, -0.15) is 0 Å². The number of hydrogen-bond donors (Lipinski definition) is 2. The van der Waals surface area contributed by atoms with Crippen LogP contribution < -0.4 is 15.4 Å². The lowest BCUT2D eigenvalue weighted by atomic mass is 10.1. The Balaban J connectivity index is 1.54. The van der Waals surface area contributed by atoms with E-state index in [-0.39, 0.29) is 11.7 Å². The van der Waals surface area contributed by atoms with Crippen molar-refractivity contribution < 1.29 is 23.9 Å². The standard InChI is InChI=1S/C26H26N2O5S/c1-17-11-18(2)13-20(12-17)28-24(29)15-33-26(31)22-9-4-5-10-23(22)34-16-25(30)27-19-7-6-8-21(14-19)32-3/h4-14H,15-16H2,1-3H3,(H,27,30)(H,28,29). The molecule has 0 aliphatic rings. The van der Waals surface area contributed by atoms with Crippen LogP contribution in [0.5, 0.6) is 5.75 Å². The minimum atomic E-state index is -0.633. The van der Waals surface area contributed by atoms with Crippen molar-refractivity contribution in [2.75, 3.05) is 30.1 Å². The topological polar surface area (TPSA) is 93.7 Å². The first-order valence-corrected chi connectivity index (χ1v) is 11.5. The number of ether oxygens (including phenoxy) is 2. The highest BCUT2D eigenvalue weighted by Crippen LogP contribution is 2.24. The molecule has 0 saturated carbocycles. The first-order valence-electron chi connectivity index (χ1n) is 10.5. The van der Waals surface area contributed by atoms with Gasteiger partial charge in [0.1, 0.15) is 5.75 Å². The molecule has 0 unspecified atom stereocenters. The summed E-state index contributed by atoms with van der Waals surface area (Å²) in [5, 5.41) is 5.53. The molecule has 3 rings (SSSR count). The molecule has 0 atom stereocenters. The lowest BCUT2D eigenvalue weighted by molar-refractivity contribution is -0.119. The third-order valence-electron chi connectivity index (χ3n) is 4.66. The quantitative estimate of drug-likeness (QED) is 0.338. The van der Waals surface area contributed by atoms with Gasteiger partial charge in [-0.25, -0.2) is 4.79 Å². The number of methoxy groups -OCH3 is 1. The van der Waals surface area contributed by atoms with Crippen molar-refractivity contribution in [3.63, 3.8) is 0 Å². The number of aryl methyl sites for hydroxylation is 2. The molecule has 2 amide bonds. The Morgan fingerprint density at radius 3 is 2.26 bits per heavy atom. The van der Waals surface area contributed by atoms with Gasteiger partial charge in [-0.05, 0) is 61.4 Å². The van der Waals surface area contributed by atoms with Gasteiger partial charge in [0.2, 0.25) is 5.91 Å². The second kappa shape index (κ2) is 11.9. The summed E-state index contributed by atoms with van der Waals surface area (Å²) in [5.41, 5.74) is 3.60. The molecule has 0 radical (unpaired) electrons. The average Bonchev–Trinajstić information content (AvgIpc) is 2.81. The summed E-state index contributed by atoms with van der Waals surface area (Å²) in [6.45, 7) is 3.46. The average molecular weight is 479 g/mol. The number of anilines is 2. The van der Waals surface area contributed by atoms with Gasteiger partial charge in [0.25, 0.3) is 5.91 Å². The van der Waals surface area contributed by atoms with E-state index in [1.54, 1.807) is 55.6 Å². The van der Waals surface area contributed by atoms with Crippen LogP contribution >= 0.6 is 11.8 Å². The van der Waals surface area contributed by atoms with Crippen LogP contribution in [-0.4, -0.2) is 37.3 Å². The van der Waals surface area contributed by atoms with E-state index in [2.05, 4.69) is 10.6 Å². The molecule has 3 aromatic carbocycles. The van der Waals surface area contributed by atoms with Crippen LogP contribution in [0.2, 0.25) is 0 Å². The highest BCUT2D eigenvalue weighted by Gasteiger charge is 2.16. The summed E-state index contributed by atoms with van der Waals surface area (Å²) in [6, 6.07) is 19.5. The third-order valence-corrected chi connectivity index (χ3v) is 5.73. The first kappa shape index (κ1) is 24.9. The normalized spacial score (nSPS) is 10.3. The number of hydrogen-bond acceptors (Lipinski definition) is 6. The summed E-state index contributed by atoms with van der Waals surface area (Å²) in [7, 11) is 1.56. The van der Waals surface area contributed by atoms with Crippen LogP contribution in [0.15, 0.2) is 71.6 Å². The summed E-state index contributed by atoms with van der Waals surface area (Å²) in [5.74, 6) is -0.559. The smallest absolute Gasteiger partial charge is 0.339 e. The van der Waals surface area contributed by atoms with E-state index in [1.165, 1.54) is 11.8 Å². The molecule has 8 heteroatoms. The van der Waals surface area contributed by atoms with Crippen LogP contribution in [-0.2, 0) is 14.3 Å². The number of amides is 2. The molecule has 0 aliphatic heterocycles. The number of benzene rings is 3. The minimum Gasteiger partial charge on any atom is -0.497 e. The fourth-order valence-electron chi connectivity index (χ4n) is 3.26. The molecule has 34 heavy (non-hydrogen) atoms. The molecule has 0 fully saturated rings. The predicted molar refractivity (Wildman–Crippen MR) is 134 cm³/mol. The van der Waals surface area contributed by atoms with Crippen LogP contribution in [0.3, 0.4) is 0 Å². The Hall–Kier alpha value is -3.78. The lowest BCUT2D eigenvalue weighted by Gasteiger charge is -2.11. The van der Waals surface area contributed by atoms with E-state index in [0.29, 0.717) is 27.6 Å². The van der Waals surface area contributed by atoms with Crippen LogP contribution in [0.4, 0.5) is 11.4 Å². The maximum atomic E-state index is 12.6. The maximum absolute atomic E-state index is 12.6. The van der Waals surface area contributed by atoms with E-state index in [4.69, 9.17) is 9.47 Å². The second-order valence-corrected chi connectivity index (χ2v) is 8.58. The number of thioether (sulfide) groups is 1. The van der Waals surface area contributed by atoms with Gasteiger partial charge in [-0.15, -0.1) is 11.8 Å². The van der Waals surface area contributed by atoms with E-state index in [0.717, 1.165) is 11.1 Å². The summed E-state index contributed by atoms with van der Waals surface area (Å²) < 4.78 is 10.4. The highest BCUT2D eigenvalue weighted by atomic mass is 32.2. The number of carbonyl (C=O) groups excluding carboxylic acids is 3. The van der Waals surface area contributed by atoms with Crippen molar-refractivity contribution in [3.8, 4) is 5.75 Å². The zero-order valence-corrected chi connectivity index (χ0v) is 20.0. The molecular weight excluding hydrogens is 452 g/mol. The summed E-state index contributed by atoms with van der Waals surface area (Å²) in [4.78, 5) is 37.8. The van der Waals surface area contributed by atoms with Gasteiger partial charge in [-0.1, -0.05) is 24.3 Å². The highest BCUT2D eigenvalue weighted by molar-refractivity contribution is 8.00. The Morgan fingerprint density at radius 1 is 0.824 bits per heavy atom. The molecule has 2 N–H and O–H groups in total. The van der Waals surface area contributed by atoms with Crippen molar-refractivity contribution in [2.24, 2.45) is 0 Å². The van der Waals surface area contributed by atoms with Crippen LogP contribution in [0.1, 0.15) is 21.5 Å². The number of esters is 1. The molecule has 0 saturated heterocycles. The number of rotatable bonds is 9. The number of nitrogens with one attached hydrogen (secondary N) is 2. The minimum absolute atomic E-state index is 0.0920. The van der Waals surface area contributed by atoms with E-state index >= 15 is 0 Å². The molecule has 0 spiro atoms. The lowest BCUT2D eigenvalue weighted by Crippen LogP contribution is -2.21. The molecule has 0 heterocycles. The Labute approximate surface area is 202 Å². The molecule has 0 aliphatic carbocycles. The summed E-state index contributed by atoms with van der Waals surface area (Å²) in [6.07, 6.45) is 0. The second-order valence-electron chi connectivity index (χ2n) is 7.57. The maximum Gasteiger partial charge on any atom is 0.339 e. The summed E-state index contributed by atoms with van der Waals surface area (Å²) >= 11 is 1.21. The zero-order valence-electron chi connectivity index (χ0n) is 19.2. The molecule has 0 bridgehead atoms. The van der Waals surface area contributed by atoms with Gasteiger partial charge in [0.15, 0.2) is 6.61 Å².